The van der Waals surface area contributed by atoms with Gasteiger partial charge in [0.25, 0.3) is 0 Å². The third-order valence-corrected chi connectivity index (χ3v) is 4.93. The van der Waals surface area contributed by atoms with E-state index >= 15 is 0 Å². The summed E-state index contributed by atoms with van der Waals surface area (Å²) in [7, 11) is 0. The zero-order chi connectivity index (χ0) is 29.1. The second-order valence-corrected chi connectivity index (χ2v) is 12.3. The van der Waals surface area contributed by atoms with Gasteiger partial charge < -0.3 is 24.3 Å². The van der Waals surface area contributed by atoms with Crippen LogP contribution in [0.15, 0.2) is 24.3 Å². The Morgan fingerprint density at radius 3 is 1.84 bits per heavy atom. The van der Waals surface area contributed by atoms with Crippen LogP contribution in [0.25, 0.3) is 0 Å². The van der Waals surface area contributed by atoms with E-state index in [9.17, 15) is 18.8 Å². The van der Waals surface area contributed by atoms with Crippen molar-refractivity contribution in [1.29, 1.82) is 0 Å². The summed E-state index contributed by atoms with van der Waals surface area (Å²) in [5.41, 5.74) is -1.24. The highest BCUT2D eigenvalue weighted by atomic mass is 19.1. The average Bonchev–Trinajstić information content (AvgIpc) is 2.73. The Bertz CT molecular complexity index is 895. The van der Waals surface area contributed by atoms with Gasteiger partial charge in [-0.25, -0.2) is 14.0 Å². The highest BCUT2D eigenvalue weighted by molar-refractivity contribution is 5.83. The molecule has 0 aliphatic heterocycles. The van der Waals surface area contributed by atoms with Crippen LogP contribution >= 0.6 is 0 Å². The lowest BCUT2D eigenvalue weighted by atomic mass is 9.92. The van der Waals surface area contributed by atoms with Crippen molar-refractivity contribution in [1.82, 2.24) is 5.32 Å². The number of halogens is 1. The summed E-state index contributed by atoms with van der Waals surface area (Å²) < 4.78 is 34.1. The lowest BCUT2D eigenvalue weighted by molar-refractivity contribution is -0.163. The van der Waals surface area contributed by atoms with E-state index in [1.807, 2.05) is 12.1 Å². The fourth-order valence-corrected chi connectivity index (χ4v) is 3.50. The molecule has 0 radical (unpaired) electrons. The first kappa shape index (κ1) is 33.2. The largest absolute Gasteiger partial charge is 0.491 e. The molecule has 1 N–H and O–H groups in total. The van der Waals surface area contributed by atoms with Gasteiger partial charge in [-0.15, -0.1) is 0 Å². The first-order valence-electron chi connectivity index (χ1n) is 13.1. The Hall–Kier alpha value is -2.84. The molecule has 0 spiro atoms. The Kier molecular flexibility index (Phi) is 12.5. The molecular formula is C29H46FNO7. The molecule has 0 aromatic heterocycles. The van der Waals surface area contributed by atoms with Crippen LogP contribution in [0.4, 0.5) is 9.18 Å². The number of alkyl carbamates (subject to hydrolysis) is 1. The molecule has 1 rings (SSSR count). The molecule has 216 valence electrons. The molecule has 1 amide bonds. The SMILES string of the molecule is CC(C)(C)OC(=O)NC(CC(CCCc1ccc(OCCF)cc1)C(=O)OC(C)(C)C)C(=O)OC(C)(C)C. The highest BCUT2D eigenvalue weighted by Gasteiger charge is 2.34. The van der Waals surface area contributed by atoms with Crippen molar-refractivity contribution in [3.8, 4) is 5.75 Å². The summed E-state index contributed by atoms with van der Waals surface area (Å²) >= 11 is 0. The summed E-state index contributed by atoms with van der Waals surface area (Å²) in [5, 5.41) is 2.59. The van der Waals surface area contributed by atoms with Crippen molar-refractivity contribution < 1.29 is 37.7 Å². The second-order valence-electron chi connectivity index (χ2n) is 12.3. The molecule has 0 saturated carbocycles. The van der Waals surface area contributed by atoms with Gasteiger partial charge in [0.2, 0.25) is 0 Å². The molecule has 8 nitrogen and oxygen atoms in total. The van der Waals surface area contributed by atoms with Crippen molar-refractivity contribution in [2.75, 3.05) is 13.3 Å². The standard InChI is InChI=1S/C29H46FNO7/c1-27(2,3)36-24(32)21(12-10-11-20-13-15-22(16-14-20)35-18-17-30)19-23(25(33)37-28(4,5)6)31-26(34)38-29(7,8)9/h13-16,21,23H,10-12,17-19H2,1-9H3,(H,31,34). The number of ether oxygens (including phenoxy) is 4. The number of carbonyl (C=O) groups is 3. The number of nitrogens with one attached hydrogen (secondary N) is 1. The predicted molar refractivity (Wildman–Crippen MR) is 144 cm³/mol. The number of benzene rings is 1. The lowest BCUT2D eigenvalue weighted by Crippen LogP contribution is -2.47. The third-order valence-electron chi connectivity index (χ3n) is 4.93. The molecule has 2 atom stereocenters. The van der Waals surface area contributed by atoms with Crippen molar-refractivity contribution in [3.05, 3.63) is 29.8 Å². The van der Waals surface area contributed by atoms with E-state index < -0.39 is 53.5 Å². The summed E-state index contributed by atoms with van der Waals surface area (Å²) in [6.45, 7) is 15.1. The van der Waals surface area contributed by atoms with E-state index in [-0.39, 0.29) is 13.0 Å². The molecule has 0 aliphatic rings. The van der Waals surface area contributed by atoms with Gasteiger partial charge in [0, 0.05) is 0 Å². The number of rotatable bonds is 12. The minimum absolute atomic E-state index is 0.000915. The number of hydrogen-bond donors (Lipinski definition) is 1. The van der Waals surface area contributed by atoms with Gasteiger partial charge in [0.05, 0.1) is 5.92 Å². The van der Waals surface area contributed by atoms with Crippen LogP contribution in [0.1, 0.15) is 87.1 Å². The molecular weight excluding hydrogens is 493 g/mol. The molecule has 9 heteroatoms. The monoisotopic (exact) mass is 539 g/mol. The summed E-state index contributed by atoms with van der Waals surface area (Å²) in [5.74, 6) is -1.19. The van der Waals surface area contributed by atoms with Crippen LogP contribution in [0, 0.1) is 5.92 Å². The Morgan fingerprint density at radius 1 is 0.816 bits per heavy atom. The quantitative estimate of drug-likeness (QED) is 0.259. The van der Waals surface area contributed by atoms with E-state index in [0.29, 0.717) is 25.0 Å². The minimum Gasteiger partial charge on any atom is -0.491 e. The number of hydrogen-bond acceptors (Lipinski definition) is 7. The van der Waals surface area contributed by atoms with Crippen LogP contribution in [0.5, 0.6) is 5.75 Å². The maximum absolute atomic E-state index is 13.1. The molecule has 0 bridgehead atoms. The smallest absolute Gasteiger partial charge is 0.408 e. The van der Waals surface area contributed by atoms with Crippen molar-refractivity contribution in [3.63, 3.8) is 0 Å². The Labute approximate surface area is 226 Å². The van der Waals surface area contributed by atoms with Gasteiger partial charge in [-0.2, -0.15) is 0 Å². The first-order chi connectivity index (χ1) is 17.4. The first-order valence-corrected chi connectivity index (χ1v) is 13.1. The number of aryl methyl sites for hydroxylation is 1. The van der Waals surface area contributed by atoms with E-state index in [0.717, 1.165) is 5.56 Å². The van der Waals surface area contributed by atoms with Crippen LogP contribution in [-0.2, 0) is 30.2 Å². The summed E-state index contributed by atoms with van der Waals surface area (Å²) in [6, 6.07) is 6.24. The predicted octanol–water partition coefficient (Wildman–Crippen LogP) is 5.94. The van der Waals surface area contributed by atoms with Crippen molar-refractivity contribution in [2.45, 2.75) is 111 Å². The fraction of sp³-hybridized carbons (Fsp3) is 0.690. The average molecular weight is 540 g/mol. The van der Waals surface area contributed by atoms with E-state index in [2.05, 4.69) is 5.32 Å². The number of alkyl halides is 1. The van der Waals surface area contributed by atoms with E-state index in [1.54, 1.807) is 74.4 Å². The molecule has 1 aromatic carbocycles. The Balaban J connectivity index is 3.04. The van der Waals surface area contributed by atoms with E-state index in [4.69, 9.17) is 18.9 Å². The second kappa shape index (κ2) is 14.4. The molecule has 0 saturated heterocycles. The summed E-state index contributed by atoms with van der Waals surface area (Å²) in [6.07, 6.45) is 0.941. The summed E-state index contributed by atoms with van der Waals surface area (Å²) in [4.78, 5) is 38.7. The molecule has 0 fully saturated rings. The molecule has 1 aromatic rings. The highest BCUT2D eigenvalue weighted by Crippen LogP contribution is 2.23. The zero-order valence-corrected chi connectivity index (χ0v) is 24.4. The van der Waals surface area contributed by atoms with Crippen LogP contribution in [0.2, 0.25) is 0 Å². The third kappa shape index (κ3) is 14.8. The maximum atomic E-state index is 13.1. The van der Waals surface area contributed by atoms with E-state index in [1.165, 1.54) is 0 Å². The van der Waals surface area contributed by atoms with Crippen LogP contribution in [-0.4, -0.2) is 54.2 Å². The Morgan fingerprint density at radius 2 is 1.34 bits per heavy atom. The van der Waals surface area contributed by atoms with Gasteiger partial charge in [0.1, 0.15) is 41.9 Å². The van der Waals surface area contributed by atoms with Gasteiger partial charge in [-0.05, 0) is 106 Å². The van der Waals surface area contributed by atoms with Crippen molar-refractivity contribution in [2.24, 2.45) is 5.92 Å². The molecule has 38 heavy (non-hydrogen) atoms. The number of carbonyl (C=O) groups excluding carboxylic acids is 3. The number of amides is 1. The minimum atomic E-state index is -1.10. The van der Waals surface area contributed by atoms with Crippen LogP contribution < -0.4 is 10.1 Å². The maximum Gasteiger partial charge on any atom is 0.408 e. The molecule has 0 heterocycles. The van der Waals surface area contributed by atoms with Gasteiger partial charge in [0.15, 0.2) is 0 Å². The normalized spacial score (nSPS) is 13.7. The van der Waals surface area contributed by atoms with Gasteiger partial charge in [-0.1, -0.05) is 12.1 Å². The van der Waals surface area contributed by atoms with Crippen molar-refractivity contribution >= 4 is 18.0 Å². The topological polar surface area (TPSA) is 100 Å². The zero-order valence-electron chi connectivity index (χ0n) is 24.4. The molecule has 0 aliphatic carbocycles. The fourth-order valence-electron chi connectivity index (χ4n) is 3.50. The van der Waals surface area contributed by atoms with Gasteiger partial charge >= 0.3 is 18.0 Å². The number of esters is 2. The lowest BCUT2D eigenvalue weighted by Gasteiger charge is -2.29. The van der Waals surface area contributed by atoms with Gasteiger partial charge in [-0.3, -0.25) is 4.79 Å². The van der Waals surface area contributed by atoms with Crippen LogP contribution in [0.3, 0.4) is 0 Å². The molecule has 2 unspecified atom stereocenters.